The predicted molar refractivity (Wildman–Crippen MR) is 124 cm³/mol. The molecule has 166 valence electrons. The van der Waals surface area contributed by atoms with Crippen LogP contribution < -0.4 is 10.3 Å². The highest BCUT2D eigenvalue weighted by Crippen LogP contribution is 2.26. The number of hydrogen-bond acceptors (Lipinski definition) is 5. The number of methoxy groups -OCH3 is 2. The number of nitrogens with one attached hydrogen (secondary N) is 1. The van der Waals surface area contributed by atoms with Crippen molar-refractivity contribution in [2.75, 3.05) is 14.2 Å². The first-order chi connectivity index (χ1) is 16.1. The van der Waals surface area contributed by atoms with E-state index in [0.717, 1.165) is 22.2 Å². The quantitative estimate of drug-likeness (QED) is 0.405. The fourth-order valence-electron chi connectivity index (χ4n) is 4.03. The smallest absolute Gasteiger partial charge is 0.341 e. The lowest BCUT2D eigenvalue weighted by Crippen LogP contribution is -2.16. The van der Waals surface area contributed by atoms with Crippen molar-refractivity contribution in [3.8, 4) is 22.7 Å². The van der Waals surface area contributed by atoms with Crippen molar-refractivity contribution in [2.45, 2.75) is 13.0 Å². The number of rotatable bonds is 6. The van der Waals surface area contributed by atoms with Crippen LogP contribution in [0.5, 0.6) is 5.75 Å². The summed E-state index contributed by atoms with van der Waals surface area (Å²) in [5.74, 6) is 0.249. The molecule has 0 bridgehead atoms. The van der Waals surface area contributed by atoms with Gasteiger partial charge in [-0.05, 0) is 42.3 Å². The number of aryl methyl sites for hydroxylation is 2. The van der Waals surface area contributed by atoms with E-state index >= 15 is 0 Å². The third kappa shape index (κ3) is 3.65. The van der Waals surface area contributed by atoms with Gasteiger partial charge in [-0.15, -0.1) is 0 Å². The highest BCUT2D eigenvalue weighted by Gasteiger charge is 2.25. The maximum atomic E-state index is 13.1. The van der Waals surface area contributed by atoms with Gasteiger partial charge < -0.3 is 19.0 Å². The largest absolute Gasteiger partial charge is 0.497 e. The minimum Gasteiger partial charge on any atom is -0.497 e. The number of aromatic nitrogens is 4. The number of pyridine rings is 1. The van der Waals surface area contributed by atoms with Crippen molar-refractivity contribution >= 4 is 16.9 Å². The lowest BCUT2D eigenvalue weighted by molar-refractivity contribution is 0.0600. The van der Waals surface area contributed by atoms with E-state index in [0.29, 0.717) is 29.9 Å². The molecule has 0 saturated heterocycles. The van der Waals surface area contributed by atoms with Gasteiger partial charge in [-0.2, -0.15) is 9.78 Å². The second kappa shape index (κ2) is 8.31. The zero-order valence-corrected chi connectivity index (χ0v) is 18.2. The Kier molecular flexibility index (Phi) is 5.18. The third-order valence-corrected chi connectivity index (χ3v) is 5.74. The molecule has 2 aromatic carbocycles. The molecule has 3 aromatic rings. The van der Waals surface area contributed by atoms with Crippen molar-refractivity contribution in [2.24, 2.45) is 0 Å². The lowest BCUT2D eigenvalue weighted by Gasteiger charge is -2.11. The van der Waals surface area contributed by atoms with Crippen LogP contribution in [0.1, 0.15) is 15.9 Å². The second-order valence-corrected chi connectivity index (χ2v) is 7.69. The Morgan fingerprint density at radius 2 is 1.91 bits per heavy atom. The minimum absolute atomic E-state index is 0.252. The van der Waals surface area contributed by atoms with Crippen LogP contribution in [0.25, 0.3) is 27.8 Å². The maximum absolute atomic E-state index is 13.1. The molecule has 0 atom stereocenters. The molecule has 8 nitrogen and oxygen atoms in total. The molecular formula is C25H22N4O4. The number of carbonyl (C=O) groups is 1. The van der Waals surface area contributed by atoms with E-state index in [2.05, 4.69) is 10.1 Å². The van der Waals surface area contributed by atoms with E-state index in [1.165, 1.54) is 11.8 Å². The van der Waals surface area contributed by atoms with Gasteiger partial charge in [0.15, 0.2) is 0 Å². The van der Waals surface area contributed by atoms with E-state index in [-0.39, 0.29) is 11.1 Å². The molecule has 0 radical (unpaired) electrons. The number of nitrogens with zero attached hydrogens (tertiary/aromatic N) is 3. The summed E-state index contributed by atoms with van der Waals surface area (Å²) in [6.45, 7) is 0.556. The molecule has 0 aliphatic carbocycles. The van der Waals surface area contributed by atoms with Gasteiger partial charge in [0, 0.05) is 36.0 Å². The zero-order chi connectivity index (χ0) is 22.9. The van der Waals surface area contributed by atoms with E-state index in [4.69, 9.17) is 9.47 Å². The maximum Gasteiger partial charge on any atom is 0.341 e. The Balaban J connectivity index is 1.55. The number of ether oxygens (including phenoxy) is 2. The van der Waals surface area contributed by atoms with Crippen molar-refractivity contribution in [3.63, 3.8) is 0 Å². The molecular weight excluding hydrogens is 420 g/mol. The standard InChI is InChI=1S/C25H22N4O4/c1-32-18-8-9-22-19(12-18)16(13-26-22)10-11-28-14-20-23(21(15-28)25(31)33-2)27-29(24(20)30)17-6-4-3-5-7-17/h3-9,12-15,26H,10-11H2,1-2H3. The Bertz CT molecular complexity index is 1480. The Hall–Kier alpha value is -4.33. The molecule has 0 saturated carbocycles. The first kappa shape index (κ1) is 20.6. The molecule has 5 rings (SSSR count). The fourth-order valence-corrected chi connectivity index (χ4v) is 4.03. The summed E-state index contributed by atoms with van der Waals surface area (Å²) in [5, 5.41) is 5.51. The Labute approximate surface area is 189 Å². The van der Waals surface area contributed by atoms with Crippen LogP contribution in [0, 0.1) is 0 Å². The van der Waals surface area contributed by atoms with Crippen LogP contribution in [0.3, 0.4) is 0 Å². The Morgan fingerprint density at radius 3 is 2.67 bits per heavy atom. The predicted octanol–water partition coefficient (Wildman–Crippen LogP) is 3.66. The second-order valence-electron chi connectivity index (χ2n) is 7.69. The van der Waals surface area contributed by atoms with Crippen molar-refractivity contribution in [1.29, 1.82) is 0 Å². The van der Waals surface area contributed by atoms with Crippen LogP contribution in [-0.4, -0.2) is 39.5 Å². The molecule has 8 heteroatoms. The minimum atomic E-state index is -0.538. The average molecular weight is 442 g/mol. The number of H-pyrrole nitrogens is 1. The summed E-state index contributed by atoms with van der Waals surface area (Å²) in [6.07, 6.45) is 6.08. The molecule has 1 aromatic heterocycles. The molecule has 0 unspecified atom stereocenters. The average Bonchev–Trinajstić information content (AvgIpc) is 3.42. The van der Waals surface area contributed by atoms with Gasteiger partial charge >= 0.3 is 5.97 Å². The topological polar surface area (TPSA) is 91.1 Å². The monoisotopic (exact) mass is 442 g/mol. The van der Waals surface area contributed by atoms with Gasteiger partial charge in [-0.1, -0.05) is 18.2 Å². The summed E-state index contributed by atoms with van der Waals surface area (Å²) < 4.78 is 13.5. The van der Waals surface area contributed by atoms with Crippen LogP contribution >= 0.6 is 0 Å². The van der Waals surface area contributed by atoms with E-state index in [1.807, 2.05) is 47.2 Å². The fraction of sp³-hybridized carbons (Fsp3) is 0.160. The van der Waals surface area contributed by atoms with Crippen molar-refractivity contribution in [1.82, 2.24) is 19.3 Å². The summed E-state index contributed by atoms with van der Waals surface area (Å²) in [7, 11) is 2.96. The molecule has 3 heterocycles. The van der Waals surface area contributed by atoms with Crippen LogP contribution in [0.15, 0.2) is 71.9 Å². The number of fused-ring (bicyclic) bond motifs is 2. The number of esters is 1. The molecule has 2 aliphatic rings. The highest BCUT2D eigenvalue weighted by atomic mass is 16.5. The summed E-state index contributed by atoms with van der Waals surface area (Å²) in [6, 6.07) is 15.0. The van der Waals surface area contributed by atoms with Crippen LogP contribution in [0.2, 0.25) is 0 Å². The summed E-state index contributed by atoms with van der Waals surface area (Å²) in [4.78, 5) is 28.9. The lowest BCUT2D eigenvalue weighted by atomic mass is 10.1. The normalized spacial score (nSPS) is 11.2. The number of aromatic amines is 1. The van der Waals surface area contributed by atoms with E-state index in [1.54, 1.807) is 31.6 Å². The number of hydrogen-bond donors (Lipinski definition) is 1. The first-order valence-electron chi connectivity index (χ1n) is 10.5. The summed E-state index contributed by atoms with van der Waals surface area (Å²) >= 11 is 0. The number of para-hydroxylation sites is 1. The SMILES string of the molecule is COC(=O)c1cn(CCc2c[nH]c3ccc(OC)cc23)cc2c(=O)n(-c3ccccc3)nc1-2. The van der Waals surface area contributed by atoms with Gasteiger partial charge in [0.1, 0.15) is 17.0 Å². The molecule has 1 N–H and O–H groups in total. The van der Waals surface area contributed by atoms with Crippen molar-refractivity contribution < 1.29 is 14.3 Å². The van der Waals surface area contributed by atoms with E-state index in [9.17, 15) is 9.59 Å². The molecule has 0 spiro atoms. The molecule has 0 amide bonds. The van der Waals surface area contributed by atoms with Crippen LogP contribution in [-0.2, 0) is 17.7 Å². The highest BCUT2D eigenvalue weighted by molar-refractivity contribution is 5.96. The van der Waals surface area contributed by atoms with Gasteiger partial charge in [-0.25, -0.2) is 4.79 Å². The van der Waals surface area contributed by atoms with Crippen LogP contribution in [0.4, 0.5) is 0 Å². The van der Waals surface area contributed by atoms with Gasteiger partial charge in [0.05, 0.1) is 25.5 Å². The van der Waals surface area contributed by atoms with E-state index < -0.39 is 5.97 Å². The zero-order valence-electron chi connectivity index (χ0n) is 18.2. The molecule has 33 heavy (non-hydrogen) atoms. The van der Waals surface area contributed by atoms with Gasteiger partial charge in [0.2, 0.25) is 0 Å². The Morgan fingerprint density at radius 1 is 1.09 bits per heavy atom. The third-order valence-electron chi connectivity index (χ3n) is 5.74. The molecule has 0 fully saturated rings. The number of benzene rings is 2. The first-order valence-corrected chi connectivity index (χ1v) is 10.5. The van der Waals surface area contributed by atoms with Gasteiger partial charge in [0.25, 0.3) is 5.56 Å². The van der Waals surface area contributed by atoms with Gasteiger partial charge in [-0.3, -0.25) is 4.79 Å². The number of carbonyl (C=O) groups excluding carboxylic acids is 1. The molecule has 2 aliphatic heterocycles. The van der Waals surface area contributed by atoms with Crippen molar-refractivity contribution in [3.05, 3.63) is 88.6 Å². The summed E-state index contributed by atoms with van der Waals surface area (Å²) in [5.41, 5.74) is 3.42.